The molecule has 2 aliphatic rings. The van der Waals surface area contributed by atoms with E-state index in [1.807, 2.05) is 13.1 Å². The number of nitriles is 1. The second-order valence-corrected chi connectivity index (χ2v) is 8.79. The number of anilines is 3. The van der Waals surface area contributed by atoms with Crippen LogP contribution in [0, 0.1) is 11.3 Å². The molecule has 1 amide bonds. The summed E-state index contributed by atoms with van der Waals surface area (Å²) in [4.78, 5) is 19.5. The maximum Gasteiger partial charge on any atom is 0.419 e. The van der Waals surface area contributed by atoms with E-state index in [0.29, 0.717) is 12.1 Å². The van der Waals surface area contributed by atoms with Crippen molar-refractivity contribution in [3.05, 3.63) is 54.5 Å². The summed E-state index contributed by atoms with van der Waals surface area (Å²) in [5.74, 6) is -0.142. The van der Waals surface area contributed by atoms with Crippen LogP contribution in [0.4, 0.5) is 30.4 Å². The smallest absolute Gasteiger partial charge is 0.419 e. The van der Waals surface area contributed by atoms with Crippen LogP contribution in [0.15, 0.2) is 43.3 Å². The molecule has 0 unspecified atom stereocenters. The summed E-state index contributed by atoms with van der Waals surface area (Å²) in [7, 11) is 2.05. The lowest BCUT2D eigenvalue weighted by atomic mass is 10.1. The van der Waals surface area contributed by atoms with Crippen molar-refractivity contribution in [2.24, 2.45) is 0 Å². The zero-order chi connectivity index (χ0) is 26.4. The second kappa shape index (κ2) is 11.3. The summed E-state index contributed by atoms with van der Waals surface area (Å²) in [5, 5.41) is 19.7. The normalized spacial score (nSPS) is 16.8. The summed E-state index contributed by atoms with van der Waals surface area (Å²) in [5.41, 5.74) is -0.556. The number of aromatic nitrogens is 3. The van der Waals surface area contributed by atoms with Crippen molar-refractivity contribution in [2.75, 3.05) is 43.9 Å². The number of carbonyl (C=O) groups is 1. The number of halogens is 3. The number of pyridine rings is 1. The van der Waals surface area contributed by atoms with Crippen LogP contribution in [0.25, 0.3) is 0 Å². The molecule has 4 heterocycles. The van der Waals surface area contributed by atoms with Gasteiger partial charge in [-0.05, 0) is 39.4 Å². The summed E-state index contributed by atoms with van der Waals surface area (Å²) in [6.07, 6.45) is 5.33. The van der Waals surface area contributed by atoms with Gasteiger partial charge in [-0.2, -0.15) is 23.5 Å². The first-order valence-corrected chi connectivity index (χ1v) is 11.8. The van der Waals surface area contributed by atoms with Crippen molar-refractivity contribution in [2.45, 2.75) is 31.5 Å². The van der Waals surface area contributed by atoms with Gasteiger partial charge in [-0.15, -0.1) is 0 Å². The number of carbonyl (C=O) groups excluding carboxylic acids is 1. The van der Waals surface area contributed by atoms with Crippen LogP contribution >= 0.6 is 0 Å². The van der Waals surface area contributed by atoms with Gasteiger partial charge in [0.15, 0.2) is 5.69 Å². The standard InChI is InChI=1S/C24H27F3N8O2/c1-33-8-3-17(4-9-33)35-16-21(20(14-28)32-35)31-22-13-19(18(15-30-22)24(25,26)27)29-6-2-7-34-10-12-37-11-5-23(34)36/h5,10-13,15-17H,2-4,6-9H2,1H3,(H2,29,30,31). The van der Waals surface area contributed by atoms with E-state index in [1.54, 1.807) is 10.9 Å². The zero-order valence-electron chi connectivity index (χ0n) is 20.2. The second-order valence-electron chi connectivity index (χ2n) is 8.79. The van der Waals surface area contributed by atoms with E-state index in [2.05, 4.69) is 25.6 Å². The number of hydrogen-bond donors (Lipinski definition) is 2. The van der Waals surface area contributed by atoms with Crippen LogP contribution in [0.2, 0.25) is 0 Å². The molecule has 4 rings (SSSR count). The van der Waals surface area contributed by atoms with Gasteiger partial charge < -0.3 is 25.2 Å². The van der Waals surface area contributed by atoms with E-state index in [1.165, 1.54) is 35.8 Å². The maximum absolute atomic E-state index is 13.6. The number of ether oxygens (including phenoxy) is 1. The molecule has 2 aromatic rings. The average molecular weight is 517 g/mol. The Balaban J connectivity index is 1.46. The van der Waals surface area contributed by atoms with E-state index < -0.39 is 11.7 Å². The molecule has 0 atom stereocenters. The Morgan fingerprint density at radius 3 is 2.76 bits per heavy atom. The van der Waals surface area contributed by atoms with Crippen molar-refractivity contribution in [3.8, 4) is 6.07 Å². The minimum absolute atomic E-state index is 0.142. The summed E-state index contributed by atoms with van der Waals surface area (Å²) in [6.45, 7) is 2.29. The fourth-order valence-corrected chi connectivity index (χ4v) is 4.12. The minimum atomic E-state index is -4.61. The highest BCUT2D eigenvalue weighted by Gasteiger charge is 2.34. The van der Waals surface area contributed by atoms with Crippen molar-refractivity contribution in [1.82, 2.24) is 24.6 Å². The molecule has 2 aromatic heterocycles. The fourth-order valence-electron chi connectivity index (χ4n) is 4.12. The third-order valence-electron chi connectivity index (χ3n) is 6.16. The number of likely N-dealkylation sites (tertiary alicyclic amines) is 1. The van der Waals surface area contributed by atoms with Crippen LogP contribution in [0.5, 0.6) is 0 Å². The Morgan fingerprint density at radius 2 is 2.03 bits per heavy atom. The lowest BCUT2D eigenvalue weighted by Crippen LogP contribution is -2.31. The van der Waals surface area contributed by atoms with Gasteiger partial charge in [-0.3, -0.25) is 9.48 Å². The van der Waals surface area contributed by atoms with Gasteiger partial charge in [0.2, 0.25) is 0 Å². The summed E-state index contributed by atoms with van der Waals surface area (Å²) >= 11 is 0. The van der Waals surface area contributed by atoms with Crippen LogP contribution in [0.1, 0.15) is 36.6 Å². The summed E-state index contributed by atoms with van der Waals surface area (Å²) < 4.78 is 47.5. The van der Waals surface area contributed by atoms with E-state index in [9.17, 15) is 23.2 Å². The molecule has 1 saturated heterocycles. The minimum Gasteiger partial charge on any atom is -0.471 e. The van der Waals surface area contributed by atoms with Crippen molar-refractivity contribution >= 4 is 23.1 Å². The van der Waals surface area contributed by atoms with E-state index in [-0.39, 0.29) is 42.2 Å². The van der Waals surface area contributed by atoms with Crippen LogP contribution in [0.3, 0.4) is 0 Å². The van der Waals surface area contributed by atoms with E-state index in [0.717, 1.165) is 32.1 Å². The molecule has 0 bridgehead atoms. The molecule has 2 aliphatic heterocycles. The molecule has 0 aliphatic carbocycles. The SMILES string of the molecule is CN1CCC(n2cc(Nc3cc(NCCCN4C=COC=CC4=O)c(C(F)(F)F)cn3)c(C#N)n2)CC1. The number of nitrogens with zero attached hydrogens (tertiary/aromatic N) is 6. The molecule has 0 aromatic carbocycles. The molecule has 0 spiro atoms. The number of nitrogens with one attached hydrogen (secondary N) is 2. The molecule has 2 N–H and O–H groups in total. The molecular weight excluding hydrogens is 489 g/mol. The predicted molar refractivity (Wildman–Crippen MR) is 129 cm³/mol. The first-order chi connectivity index (χ1) is 17.7. The van der Waals surface area contributed by atoms with Gasteiger partial charge in [-0.25, -0.2) is 4.98 Å². The Labute approximate surface area is 212 Å². The molecule has 13 heteroatoms. The quantitative estimate of drug-likeness (QED) is 0.510. The first kappa shape index (κ1) is 26.0. The predicted octanol–water partition coefficient (Wildman–Crippen LogP) is 3.82. The number of rotatable bonds is 8. The highest BCUT2D eigenvalue weighted by atomic mass is 19.4. The molecule has 10 nitrogen and oxygen atoms in total. The molecule has 37 heavy (non-hydrogen) atoms. The Kier molecular flexibility index (Phi) is 7.98. The van der Waals surface area contributed by atoms with Crippen molar-refractivity contribution in [3.63, 3.8) is 0 Å². The Bertz CT molecular complexity index is 1210. The molecule has 0 saturated carbocycles. The van der Waals surface area contributed by atoms with Gasteiger partial charge >= 0.3 is 6.18 Å². The Morgan fingerprint density at radius 1 is 1.24 bits per heavy atom. The lowest BCUT2D eigenvalue weighted by Gasteiger charge is -2.28. The molecule has 0 radical (unpaired) electrons. The van der Waals surface area contributed by atoms with E-state index in [4.69, 9.17) is 4.74 Å². The zero-order valence-corrected chi connectivity index (χ0v) is 20.2. The largest absolute Gasteiger partial charge is 0.471 e. The van der Waals surface area contributed by atoms with Gasteiger partial charge in [0, 0.05) is 37.6 Å². The molecular formula is C24H27F3N8O2. The van der Waals surface area contributed by atoms with Crippen LogP contribution in [-0.4, -0.2) is 63.7 Å². The number of piperidine rings is 1. The van der Waals surface area contributed by atoms with Crippen molar-refractivity contribution < 1.29 is 22.7 Å². The topological polar surface area (TPSA) is 111 Å². The van der Waals surface area contributed by atoms with Crippen LogP contribution in [-0.2, 0) is 15.7 Å². The van der Waals surface area contributed by atoms with Crippen LogP contribution < -0.4 is 10.6 Å². The van der Waals surface area contributed by atoms with Crippen molar-refractivity contribution in [1.29, 1.82) is 5.26 Å². The Hall–Kier alpha value is -4.05. The average Bonchev–Trinajstić information content (AvgIpc) is 3.15. The number of hydrogen-bond acceptors (Lipinski definition) is 8. The maximum atomic E-state index is 13.6. The third-order valence-corrected chi connectivity index (χ3v) is 6.16. The monoisotopic (exact) mass is 516 g/mol. The molecule has 1 fully saturated rings. The van der Waals surface area contributed by atoms with Gasteiger partial charge in [0.25, 0.3) is 5.91 Å². The van der Waals surface area contributed by atoms with E-state index >= 15 is 0 Å². The van der Waals surface area contributed by atoms with Gasteiger partial charge in [0.1, 0.15) is 18.1 Å². The van der Waals surface area contributed by atoms with Gasteiger partial charge in [0.05, 0.1) is 35.4 Å². The number of alkyl halides is 3. The highest BCUT2D eigenvalue weighted by Crippen LogP contribution is 2.36. The number of amides is 1. The first-order valence-electron chi connectivity index (χ1n) is 11.8. The third kappa shape index (κ3) is 6.59. The summed E-state index contributed by atoms with van der Waals surface area (Å²) in [6, 6.07) is 3.43. The van der Waals surface area contributed by atoms with Gasteiger partial charge in [-0.1, -0.05) is 0 Å². The molecule has 196 valence electrons. The lowest BCUT2D eigenvalue weighted by molar-refractivity contribution is -0.137. The highest BCUT2D eigenvalue weighted by molar-refractivity contribution is 5.88. The fraction of sp³-hybridized carbons (Fsp3) is 0.417.